The molecule has 6 heteroatoms. The molecular formula is C13H16N2O4. The fourth-order valence-corrected chi connectivity index (χ4v) is 1.57. The number of hydrogen-bond donors (Lipinski definition) is 3. The number of benzene rings is 1. The monoisotopic (exact) mass is 264 g/mol. The van der Waals surface area contributed by atoms with Crippen LogP contribution in [0, 0.1) is 0 Å². The van der Waals surface area contributed by atoms with Crippen LogP contribution in [-0.2, 0) is 4.79 Å². The van der Waals surface area contributed by atoms with Gasteiger partial charge in [-0.1, -0.05) is 0 Å². The first-order valence-electron chi connectivity index (χ1n) is 6.11. The van der Waals surface area contributed by atoms with Gasteiger partial charge in [-0.3, -0.25) is 4.79 Å². The van der Waals surface area contributed by atoms with Crippen LogP contribution in [-0.4, -0.2) is 29.6 Å². The SMILES string of the molecule is Nc1ccc(C(=O)O)cc1OCCC(=O)NC1CC1. The van der Waals surface area contributed by atoms with E-state index in [1.54, 1.807) is 0 Å². The van der Waals surface area contributed by atoms with Crippen LogP contribution in [0.25, 0.3) is 0 Å². The molecule has 0 heterocycles. The lowest BCUT2D eigenvalue weighted by molar-refractivity contribution is -0.121. The van der Waals surface area contributed by atoms with Gasteiger partial charge >= 0.3 is 5.97 Å². The molecule has 4 N–H and O–H groups in total. The molecule has 1 aliphatic rings. The van der Waals surface area contributed by atoms with Gasteiger partial charge in [0, 0.05) is 6.04 Å². The first-order valence-corrected chi connectivity index (χ1v) is 6.11. The van der Waals surface area contributed by atoms with E-state index in [2.05, 4.69) is 5.32 Å². The maximum atomic E-state index is 11.4. The van der Waals surface area contributed by atoms with E-state index in [0.717, 1.165) is 12.8 Å². The molecule has 6 nitrogen and oxygen atoms in total. The Kier molecular flexibility index (Phi) is 3.89. The molecule has 19 heavy (non-hydrogen) atoms. The molecule has 1 amide bonds. The second kappa shape index (κ2) is 5.60. The Hall–Kier alpha value is -2.24. The minimum absolute atomic E-state index is 0.0598. The van der Waals surface area contributed by atoms with Crippen molar-refractivity contribution < 1.29 is 19.4 Å². The highest BCUT2D eigenvalue weighted by molar-refractivity contribution is 5.89. The first kappa shape index (κ1) is 13.2. The normalized spacial score (nSPS) is 13.9. The Balaban J connectivity index is 1.85. The van der Waals surface area contributed by atoms with Crippen molar-refractivity contribution in [3.05, 3.63) is 23.8 Å². The summed E-state index contributed by atoms with van der Waals surface area (Å²) in [5.41, 5.74) is 6.14. The van der Waals surface area contributed by atoms with Crippen LogP contribution in [0.15, 0.2) is 18.2 Å². The number of anilines is 1. The largest absolute Gasteiger partial charge is 0.491 e. The predicted octanol–water partition coefficient (Wildman–Crippen LogP) is 1.01. The Morgan fingerprint density at radius 2 is 2.16 bits per heavy atom. The van der Waals surface area contributed by atoms with Gasteiger partial charge in [0.05, 0.1) is 24.3 Å². The van der Waals surface area contributed by atoms with Gasteiger partial charge in [-0.05, 0) is 31.0 Å². The van der Waals surface area contributed by atoms with E-state index in [0.29, 0.717) is 17.5 Å². The van der Waals surface area contributed by atoms with Crippen molar-refractivity contribution in [3.8, 4) is 5.75 Å². The zero-order valence-electron chi connectivity index (χ0n) is 10.4. The molecule has 0 unspecified atom stereocenters. The molecule has 1 aromatic rings. The molecule has 1 aromatic carbocycles. The van der Waals surface area contributed by atoms with Crippen molar-refractivity contribution in [2.75, 3.05) is 12.3 Å². The average Bonchev–Trinajstić information content (AvgIpc) is 3.15. The number of carboxylic acids is 1. The van der Waals surface area contributed by atoms with Gasteiger partial charge in [0.25, 0.3) is 0 Å². The summed E-state index contributed by atoms with van der Waals surface area (Å²) in [6.45, 7) is 0.172. The van der Waals surface area contributed by atoms with Crippen molar-refractivity contribution >= 4 is 17.6 Å². The molecule has 0 spiro atoms. The summed E-state index contributed by atoms with van der Waals surface area (Å²) in [4.78, 5) is 22.2. The van der Waals surface area contributed by atoms with Gasteiger partial charge in [0.2, 0.25) is 5.91 Å². The second-order valence-electron chi connectivity index (χ2n) is 4.50. The van der Waals surface area contributed by atoms with E-state index in [-0.39, 0.29) is 24.5 Å². The summed E-state index contributed by atoms with van der Waals surface area (Å²) < 4.78 is 5.35. The Morgan fingerprint density at radius 3 is 2.79 bits per heavy atom. The predicted molar refractivity (Wildman–Crippen MR) is 69.1 cm³/mol. The van der Waals surface area contributed by atoms with Crippen LogP contribution in [0.5, 0.6) is 5.75 Å². The number of amides is 1. The molecule has 0 saturated heterocycles. The Morgan fingerprint density at radius 1 is 1.42 bits per heavy atom. The molecule has 2 rings (SSSR count). The summed E-state index contributed by atoms with van der Waals surface area (Å²) in [6, 6.07) is 4.57. The van der Waals surface area contributed by atoms with Gasteiger partial charge in [0.1, 0.15) is 5.75 Å². The lowest BCUT2D eigenvalue weighted by Crippen LogP contribution is -2.26. The number of aromatic carboxylic acids is 1. The number of carboxylic acid groups (broad SMARTS) is 1. The van der Waals surface area contributed by atoms with Gasteiger partial charge in [-0.25, -0.2) is 4.79 Å². The van der Waals surface area contributed by atoms with E-state index < -0.39 is 5.97 Å². The molecule has 0 aliphatic heterocycles. The number of rotatable bonds is 6. The quantitative estimate of drug-likeness (QED) is 0.666. The van der Waals surface area contributed by atoms with E-state index in [9.17, 15) is 9.59 Å². The number of nitrogens with one attached hydrogen (secondary N) is 1. The number of ether oxygens (including phenoxy) is 1. The molecule has 0 bridgehead atoms. The molecule has 102 valence electrons. The molecule has 1 saturated carbocycles. The van der Waals surface area contributed by atoms with E-state index in [1.807, 2.05) is 0 Å². The van der Waals surface area contributed by atoms with Crippen molar-refractivity contribution in [3.63, 3.8) is 0 Å². The second-order valence-corrected chi connectivity index (χ2v) is 4.50. The third-order valence-electron chi connectivity index (χ3n) is 2.79. The van der Waals surface area contributed by atoms with Crippen LogP contribution in [0.3, 0.4) is 0 Å². The fraction of sp³-hybridized carbons (Fsp3) is 0.385. The van der Waals surface area contributed by atoms with Crippen LogP contribution >= 0.6 is 0 Å². The Bertz CT molecular complexity index is 497. The van der Waals surface area contributed by atoms with E-state index in [1.165, 1.54) is 18.2 Å². The van der Waals surface area contributed by atoms with Crippen molar-refractivity contribution in [1.82, 2.24) is 5.32 Å². The van der Waals surface area contributed by atoms with Gasteiger partial charge in [0.15, 0.2) is 0 Å². The van der Waals surface area contributed by atoms with Crippen LogP contribution in [0.1, 0.15) is 29.6 Å². The standard InChI is InChI=1S/C13H16N2O4/c14-10-4-1-8(13(17)18)7-11(10)19-6-5-12(16)15-9-2-3-9/h1,4,7,9H,2-3,5-6,14H2,(H,15,16)(H,17,18). The zero-order chi connectivity index (χ0) is 13.8. The van der Waals surface area contributed by atoms with Crippen LogP contribution < -0.4 is 15.8 Å². The van der Waals surface area contributed by atoms with Crippen molar-refractivity contribution in [2.24, 2.45) is 0 Å². The molecule has 0 atom stereocenters. The maximum absolute atomic E-state index is 11.4. The lowest BCUT2D eigenvalue weighted by Gasteiger charge is -2.09. The molecule has 1 aliphatic carbocycles. The van der Waals surface area contributed by atoms with Crippen LogP contribution in [0.4, 0.5) is 5.69 Å². The molecular weight excluding hydrogens is 248 g/mol. The fourth-order valence-electron chi connectivity index (χ4n) is 1.57. The topological polar surface area (TPSA) is 102 Å². The summed E-state index contributed by atoms with van der Waals surface area (Å²) >= 11 is 0. The third-order valence-corrected chi connectivity index (χ3v) is 2.79. The number of nitrogen functional groups attached to an aromatic ring is 1. The van der Waals surface area contributed by atoms with Gasteiger partial charge in [-0.2, -0.15) is 0 Å². The smallest absolute Gasteiger partial charge is 0.335 e. The average molecular weight is 264 g/mol. The number of carbonyl (C=O) groups is 2. The molecule has 0 radical (unpaired) electrons. The van der Waals surface area contributed by atoms with E-state index in [4.69, 9.17) is 15.6 Å². The van der Waals surface area contributed by atoms with E-state index >= 15 is 0 Å². The zero-order valence-corrected chi connectivity index (χ0v) is 10.4. The number of nitrogens with two attached hydrogens (primary N) is 1. The van der Waals surface area contributed by atoms with Gasteiger partial charge in [-0.15, -0.1) is 0 Å². The summed E-state index contributed by atoms with van der Waals surface area (Å²) in [5, 5.41) is 11.7. The van der Waals surface area contributed by atoms with Crippen molar-refractivity contribution in [2.45, 2.75) is 25.3 Å². The minimum atomic E-state index is -1.05. The Labute approximate surface area is 110 Å². The highest BCUT2D eigenvalue weighted by atomic mass is 16.5. The summed E-state index contributed by atoms with van der Waals surface area (Å²) in [5.74, 6) is -0.814. The highest BCUT2D eigenvalue weighted by Crippen LogP contribution is 2.23. The minimum Gasteiger partial charge on any atom is -0.491 e. The van der Waals surface area contributed by atoms with Crippen LogP contribution in [0.2, 0.25) is 0 Å². The lowest BCUT2D eigenvalue weighted by atomic mass is 10.2. The molecule has 0 aromatic heterocycles. The first-order chi connectivity index (χ1) is 9.06. The number of hydrogen-bond acceptors (Lipinski definition) is 4. The van der Waals surface area contributed by atoms with Gasteiger partial charge < -0.3 is 20.9 Å². The molecule has 1 fully saturated rings. The summed E-state index contributed by atoms with van der Waals surface area (Å²) in [7, 11) is 0. The third kappa shape index (κ3) is 3.87. The summed E-state index contributed by atoms with van der Waals surface area (Å²) in [6.07, 6.45) is 2.31. The number of carbonyl (C=O) groups excluding carboxylic acids is 1. The maximum Gasteiger partial charge on any atom is 0.335 e. The van der Waals surface area contributed by atoms with Crippen molar-refractivity contribution in [1.29, 1.82) is 0 Å². The highest BCUT2D eigenvalue weighted by Gasteiger charge is 2.22.